The highest BCUT2D eigenvalue weighted by Gasteiger charge is 2.64. The second-order valence-corrected chi connectivity index (χ2v) is 10.9. The molecule has 1 aromatic rings. The molecule has 5 atom stereocenters. The topological polar surface area (TPSA) is 190 Å². The number of nitrogens with two attached hydrogens (primary N) is 1. The van der Waals surface area contributed by atoms with Crippen LogP contribution in [-0.2, 0) is 25.6 Å². The van der Waals surface area contributed by atoms with Gasteiger partial charge in [0.25, 0.3) is 5.91 Å². The molecule has 0 bridgehead atoms. The van der Waals surface area contributed by atoms with Crippen LogP contribution < -0.4 is 11.1 Å². The molecule has 1 fully saturated rings. The van der Waals surface area contributed by atoms with E-state index in [1.54, 1.807) is 6.92 Å². The van der Waals surface area contributed by atoms with Crippen molar-refractivity contribution in [2.45, 2.75) is 43.2 Å². The van der Waals surface area contributed by atoms with E-state index in [0.29, 0.717) is 12.0 Å². The van der Waals surface area contributed by atoms with E-state index in [0.717, 1.165) is 0 Å². The highest BCUT2D eigenvalue weighted by molar-refractivity contribution is 6.36. The fourth-order valence-corrected chi connectivity index (χ4v) is 6.09. The van der Waals surface area contributed by atoms with Gasteiger partial charge in [-0.15, -0.1) is 11.6 Å². The zero-order chi connectivity index (χ0) is 28.4. The van der Waals surface area contributed by atoms with E-state index in [-0.39, 0.29) is 34.7 Å². The molecule has 11 nitrogen and oxygen atoms in total. The third-order valence-electron chi connectivity index (χ3n) is 7.55. The van der Waals surface area contributed by atoms with Gasteiger partial charge in [0, 0.05) is 11.5 Å². The maximum absolute atomic E-state index is 13.8. The number of aliphatic hydroxyl groups is 3. The third kappa shape index (κ3) is 3.87. The smallest absolute Gasteiger partial charge is 0.255 e. The lowest BCUT2D eigenvalue weighted by Crippen LogP contribution is -2.65. The Morgan fingerprint density at radius 1 is 1.26 bits per heavy atom. The second kappa shape index (κ2) is 9.57. The van der Waals surface area contributed by atoms with Gasteiger partial charge in [-0.05, 0) is 50.9 Å². The zero-order valence-corrected chi connectivity index (χ0v) is 22.2. The monoisotopic (exact) mass is 567 g/mol. The van der Waals surface area contributed by atoms with E-state index < -0.39 is 75.1 Å². The Bertz CT molecular complexity index is 1350. The third-order valence-corrected chi connectivity index (χ3v) is 8.36. The van der Waals surface area contributed by atoms with Gasteiger partial charge in [-0.2, -0.15) is 0 Å². The summed E-state index contributed by atoms with van der Waals surface area (Å²) < 4.78 is 0. The van der Waals surface area contributed by atoms with Crippen molar-refractivity contribution in [3.63, 3.8) is 0 Å². The molecule has 4 rings (SSSR count). The number of primary amides is 1. The van der Waals surface area contributed by atoms with Gasteiger partial charge in [-0.3, -0.25) is 24.1 Å². The average Bonchev–Trinajstić information content (AvgIpc) is 2.82. The van der Waals surface area contributed by atoms with Gasteiger partial charge in [0.2, 0.25) is 11.7 Å². The van der Waals surface area contributed by atoms with E-state index in [1.807, 2.05) is 0 Å². The van der Waals surface area contributed by atoms with Crippen molar-refractivity contribution in [2.24, 2.45) is 17.6 Å². The first-order chi connectivity index (χ1) is 17.7. The van der Waals surface area contributed by atoms with Crippen molar-refractivity contribution in [3.05, 3.63) is 39.1 Å². The molecular weight excluding hydrogens is 541 g/mol. The van der Waals surface area contributed by atoms with Gasteiger partial charge in [-0.1, -0.05) is 18.5 Å². The number of alkyl halides is 1. The number of carbonyl (C=O) groups is 4. The van der Waals surface area contributed by atoms with E-state index in [9.17, 15) is 39.6 Å². The number of halogens is 2. The lowest BCUT2D eigenvalue weighted by atomic mass is 9.57. The van der Waals surface area contributed by atoms with Crippen LogP contribution in [0.25, 0.3) is 5.76 Å². The van der Waals surface area contributed by atoms with Crippen LogP contribution in [0.15, 0.2) is 23.0 Å². The number of amides is 2. The van der Waals surface area contributed by atoms with Crippen LogP contribution in [0.4, 0.5) is 5.69 Å². The molecule has 1 saturated carbocycles. The van der Waals surface area contributed by atoms with Gasteiger partial charge in [0.15, 0.2) is 17.1 Å². The number of nitrogens with zero attached hydrogens (tertiary/aromatic N) is 1. The maximum Gasteiger partial charge on any atom is 0.255 e. The Labute approximate surface area is 227 Å². The number of benzene rings is 1. The van der Waals surface area contributed by atoms with Crippen molar-refractivity contribution in [1.82, 2.24) is 4.90 Å². The van der Waals surface area contributed by atoms with Crippen molar-refractivity contribution in [2.75, 3.05) is 19.4 Å². The van der Waals surface area contributed by atoms with Gasteiger partial charge in [0.1, 0.15) is 28.2 Å². The number of fused-ring (bicyclic) bond motifs is 3. The van der Waals surface area contributed by atoms with Crippen molar-refractivity contribution < 1.29 is 39.6 Å². The molecule has 13 heteroatoms. The van der Waals surface area contributed by atoms with Gasteiger partial charge >= 0.3 is 0 Å². The first-order valence-electron chi connectivity index (χ1n) is 11.8. The van der Waals surface area contributed by atoms with Crippen LogP contribution in [0.5, 0.6) is 5.75 Å². The largest absolute Gasteiger partial charge is 0.508 e. The summed E-state index contributed by atoms with van der Waals surface area (Å²) in [5, 5.41) is 46.2. The Hall–Kier alpha value is -3.12. The van der Waals surface area contributed by atoms with Gasteiger partial charge in [0.05, 0.1) is 16.6 Å². The Morgan fingerprint density at radius 3 is 2.45 bits per heavy atom. The Balaban J connectivity index is 1.91. The summed E-state index contributed by atoms with van der Waals surface area (Å²) in [6, 6.07) is 0.252. The number of likely N-dealkylation sites (N-methyl/N-ethyl adjacent to an activating group) is 1. The number of nitrogens with one attached hydrogen (secondary N) is 1. The normalized spacial score (nSPS) is 27.6. The molecule has 204 valence electrons. The summed E-state index contributed by atoms with van der Waals surface area (Å²) >= 11 is 12.3. The van der Waals surface area contributed by atoms with Crippen LogP contribution in [-0.4, -0.2) is 79.8 Å². The molecule has 7 N–H and O–H groups in total. The minimum absolute atomic E-state index is 0.0323. The van der Waals surface area contributed by atoms with Crippen molar-refractivity contribution >= 4 is 58.0 Å². The number of aromatic hydroxyl groups is 1. The van der Waals surface area contributed by atoms with Crippen molar-refractivity contribution in [3.8, 4) is 5.75 Å². The Morgan fingerprint density at radius 2 is 1.89 bits per heavy atom. The summed E-state index contributed by atoms with van der Waals surface area (Å²) in [7, 11) is 3.04. The summed E-state index contributed by atoms with van der Waals surface area (Å²) in [6.45, 7) is 1.68. The van der Waals surface area contributed by atoms with Crippen LogP contribution in [0.1, 0.15) is 30.9 Å². The number of aliphatic hydroxyl groups excluding tert-OH is 2. The quantitative estimate of drug-likeness (QED) is 0.174. The molecule has 0 aliphatic heterocycles. The second-order valence-electron chi connectivity index (χ2n) is 9.94. The molecule has 0 heterocycles. The number of hydrogen-bond donors (Lipinski definition) is 6. The number of anilines is 1. The minimum Gasteiger partial charge on any atom is -0.508 e. The molecule has 1 aromatic carbocycles. The fraction of sp³-hybridized carbons (Fsp3) is 0.440. The highest BCUT2D eigenvalue weighted by atomic mass is 35.5. The number of Topliss-reactive ketones (excluding diaryl/α,β-unsaturated/α-hetero) is 2. The fourth-order valence-electron chi connectivity index (χ4n) is 5.77. The van der Waals surface area contributed by atoms with Crippen LogP contribution in [0.3, 0.4) is 0 Å². The standard InChI is InChI=1S/C25H27Cl2N3O8/c1-4-11(26)24(37)29-16-12(27)7-9-5-8-6-10-17(30(2)3)20(33)15(23(28)36)22(35)25(10,38)21(34)14(8)18(31)13(9)19(16)32/h7-8,10-11,17,31-32,35,38H,4-6H2,1-3H3,(H2,28,36)(H,29,37)/t8?,10?,11?,17-,25-/m0/s1. The zero-order valence-electron chi connectivity index (χ0n) is 20.7. The van der Waals surface area contributed by atoms with E-state index in [1.165, 1.54) is 25.1 Å². The molecule has 3 unspecified atom stereocenters. The lowest BCUT2D eigenvalue weighted by molar-refractivity contribution is -0.153. The summed E-state index contributed by atoms with van der Waals surface area (Å²) in [6.07, 6.45) is 0.318. The van der Waals surface area contributed by atoms with Gasteiger partial charge < -0.3 is 31.5 Å². The summed E-state index contributed by atoms with van der Waals surface area (Å²) in [4.78, 5) is 52.7. The highest BCUT2D eigenvalue weighted by Crippen LogP contribution is 2.54. The lowest BCUT2D eigenvalue weighted by Gasteiger charge is -2.50. The predicted molar refractivity (Wildman–Crippen MR) is 138 cm³/mol. The van der Waals surface area contributed by atoms with Crippen LogP contribution >= 0.6 is 23.2 Å². The van der Waals surface area contributed by atoms with Gasteiger partial charge in [-0.25, -0.2) is 0 Å². The first-order valence-corrected chi connectivity index (χ1v) is 12.6. The van der Waals surface area contributed by atoms with Crippen LogP contribution in [0, 0.1) is 11.8 Å². The SMILES string of the molecule is CCC(Cl)C(=O)Nc1c(Cl)cc2c(c1O)C(O)=C1C(=O)[C@]3(O)C(O)=C(C(N)=O)C(=O)[C@@H](N(C)C)C3CC1C2. The van der Waals surface area contributed by atoms with E-state index >= 15 is 0 Å². The molecule has 38 heavy (non-hydrogen) atoms. The number of hydrogen-bond acceptors (Lipinski definition) is 9. The number of carbonyl (C=O) groups excluding carboxylic acids is 4. The first kappa shape index (κ1) is 27.9. The number of rotatable bonds is 5. The molecule has 0 saturated heterocycles. The van der Waals surface area contributed by atoms with E-state index in [4.69, 9.17) is 28.9 Å². The maximum atomic E-state index is 13.8. The predicted octanol–water partition coefficient (Wildman–Crippen LogP) is 1.57. The minimum atomic E-state index is -2.74. The number of phenols is 1. The van der Waals surface area contributed by atoms with Crippen molar-refractivity contribution in [1.29, 1.82) is 0 Å². The molecule has 2 amide bonds. The molecular formula is C25H27Cl2N3O8. The molecule has 3 aliphatic carbocycles. The number of ketones is 2. The number of phenolic OH excluding ortho intramolecular Hbond substituents is 1. The molecule has 0 spiro atoms. The van der Waals surface area contributed by atoms with E-state index in [2.05, 4.69) is 5.32 Å². The molecule has 0 aromatic heterocycles. The molecule has 3 aliphatic rings. The Kier molecular flexibility index (Phi) is 7.02. The average molecular weight is 568 g/mol. The molecule has 0 radical (unpaired) electrons. The summed E-state index contributed by atoms with van der Waals surface area (Å²) in [5.41, 5.74) is 1.31. The summed E-state index contributed by atoms with van der Waals surface area (Å²) in [5.74, 6) is -8.32. The van der Waals surface area contributed by atoms with Crippen LogP contribution in [0.2, 0.25) is 5.02 Å².